The molecule has 2 atom stereocenters. The number of aliphatic hydroxyl groups excluding tert-OH is 1. The largest absolute Gasteiger partial charge is 0.393 e. The summed E-state index contributed by atoms with van der Waals surface area (Å²) in [6, 6.07) is 5.40. The van der Waals surface area contributed by atoms with Crippen molar-refractivity contribution in [2.75, 3.05) is 33.2 Å². The van der Waals surface area contributed by atoms with Gasteiger partial charge in [0.15, 0.2) is 0 Å². The molecule has 7 nitrogen and oxygen atoms in total. The van der Waals surface area contributed by atoms with E-state index in [9.17, 15) is 19.5 Å². The Kier molecular flexibility index (Phi) is 8.01. The van der Waals surface area contributed by atoms with Crippen LogP contribution in [0.25, 0.3) is 0 Å². The minimum absolute atomic E-state index is 0.0756. The molecule has 2 unspecified atom stereocenters. The fraction of sp³-hybridized carbons (Fsp3) is 0.690. The smallest absolute Gasteiger partial charge is 0.228 e. The number of carbonyl (C=O) groups excluding carboxylic acids is 3. The van der Waals surface area contributed by atoms with Crippen molar-refractivity contribution in [3.05, 3.63) is 33.8 Å². The number of hydrogen-bond donors (Lipinski definition) is 1. The van der Waals surface area contributed by atoms with Crippen molar-refractivity contribution in [2.24, 2.45) is 17.3 Å². The minimum atomic E-state index is -0.318. The van der Waals surface area contributed by atoms with Gasteiger partial charge in [-0.1, -0.05) is 36.2 Å². The Morgan fingerprint density at radius 3 is 2.18 bits per heavy atom. The van der Waals surface area contributed by atoms with Crippen molar-refractivity contribution in [1.82, 2.24) is 14.7 Å². The summed E-state index contributed by atoms with van der Waals surface area (Å²) in [4.78, 5) is 45.7. The Bertz CT molecular complexity index is 1080. The summed E-state index contributed by atoms with van der Waals surface area (Å²) < 4.78 is 0. The van der Waals surface area contributed by atoms with Gasteiger partial charge in [0.2, 0.25) is 17.7 Å². The third kappa shape index (κ3) is 5.57. The van der Waals surface area contributed by atoms with Crippen molar-refractivity contribution in [1.29, 1.82) is 0 Å². The van der Waals surface area contributed by atoms with Gasteiger partial charge < -0.3 is 19.8 Å². The van der Waals surface area contributed by atoms with E-state index >= 15 is 0 Å². The zero-order chi connectivity index (χ0) is 27.2. The van der Waals surface area contributed by atoms with E-state index in [0.29, 0.717) is 74.7 Å². The van der Waals surface area contributed by atoms with E-state index in [2.05, 4.69) is 0 Å². The van der Waals surface area contributed by atoms with Crippen LogP contribution < -0.4 is 0 Å². The summed E-state index contributed by atoms with van der Waals surface area (Å²) in [6.45, 7) is 4.28. The highest BCUT2D eigenvalue weighted by Crippen LogP contribution is 2.47. The molecule has 2 aliphatic carbocycles. The quantitative estimate of drug-likeness (QED) is 0.577. The standard InChI is InChI=1S/C29H39Cl2N3O4/c1-29(11-12-29)28(38)33-13-9-19(10-14-33)27(37)34-16-22(20-5-8-23(30)24(31)15-20)25(17-34)32(2)26(36)18-3-6-21(35)7-4-18/h5,8,15,18-19,21-22,25,35H,3-4,6-7,9-14,16-17H2,1-2H3. The third-order valence-electron chi connectivity index (χ3n) is 9.51. The molecule has 1 N–H and O–H groups in total. The fourth-order valence-corrected chi connectivity index (χ4v) is 6.88. The number of likely N-dealkylation sites (N-methyl/N-ethyl adjacent to an activating group) is 1. The second-order valence-corrected chi connectivity index (χ2v) is 13.0. The maximum atomic E-state index is 13.7. The maximum absolute atomic E-state index is 13.7. The molecule has 3 amide bonds. The van der Waals surface area contributed by atoms with Gasteiger partial charge in [-0.2, -0.15) is 0 Å². The summed E-state index contributed by atoms with van der Waals surface area (Å²) in [5.74, 6) is 0.150. The van der Waals surface area contributed by atoms with Crippen molar-refractivity contribution >= 4 is 40.9 Å². The molecule has 2 heterocycles. The molecule has 0 spiro atoms. The molecule has 5 rings (SSSR count). The van der Waals surface area contributed by atoms with Crippen molar-refractivity contribution < 1.29 is 19.5 Å². The van der Waals surface area contributed by atoms with Crippen LogP contribution in [0.15, 0.2) is 18.2 Å². The predicted octanol–water partition coefficient (Wildman–Crippen LogP) is 4.34. The maximum Gasteiger partial charge on any atom is 0.228 e. The Hall–Kier alpha value is -1.83. The molecule has 38 heavy (non-hydrogen) atoms. The first kappa shape index (κ1) is 27.7. The number of aliphatic hydroxyl groups is 1. The number of halogens is 2. The second-order valence-electron chi connectivity index (χ2n) is 12.2. The lowest BCUT2D eigenvalue weighted by atomic mass is 9.85. The van der Waals surface area contributed by atoms with Crippen LogP contribution in [0.2, 0.25) is 10.0 Å². The second kappa shape index (κ2) is 11.0. The van der Waals surface area contributed by atoms with Gasteiger partial charge >= 0.3 is 0 Å². The van der Waals surface area contributed by atoms with E-state index in [-0.39, 0.29) is 53.0 Å². The molecule has 2 saturated heterocycles. The van der Waals surface area contributed by atoms with Crippen LogP contribution >= 0.6 is 23.2 Å². The summed E-state index contributed by atoms with van der Waals surface area (Å²) in [5, 5.41) is 10.8. The van der Waals surface area contributed by atoms with Gasteiger partial charge in [-0.3, -0.25) is 14.4 Å². The summed E-state index contributed by atoms with van der Waals surface area (Å²) in [6.07, 6.45) is 5.64. The minimum Gasteiger partial charge on any atom is -0.393 e. The molecular formula is C29H39Cl2N3O4. The molecule has 9 heteroatoms. The van der Waals surface area contributed by atoms with Crippen LogP contribution in [0.4, 0.5) is 0 Å². The van der Waals surface area contributed by atoms with E-state index in [1.807, 2.05) is 40.8 Å². The van der Waals surface area contributed by atoms with Crippen LogP contribution in [-0.4, -0.2) is 82.9 Å². The van der Waals surface area contributed by atoms with Crippen molar-refractivity contribution in [3.63, 3.8) is 0 Å². The van der Waals surface area contributed by atoms with Crippen LogP contribution in [0.1, 0.15) is 69.8 Å². The van der Waals surface area contributed by atoms with E-state index in [1.54, 1.807) is 6.07 Å². The first-order chi connectivity index (χ1) is 18.1. The Morgan fingerprint density at radius 1 is 0.921 bits per heavy atom. The van der Waals surface area contributed by atoms with Crippen LogP contribution in [0.5, 0.6) is 0 Å². The molecule has 0 radical (unpaired) electrons. The van der Waals surface area contributed by atoms with E-state index in [1.165, 1.54) is 0 Å². The van der Waals surface area contributed by atoms with E-state index < -0.39 is 0 Å². The topological polar surface area (TPSA) is 81.2 Å². The average Bonchev–Trinajstić information content (AvgIpc) is 3.52. The lowest BCUT2D eigenvalue weighted by Crippen LogP contribution is -2.47. The zero-order valence-electron chi connectivity index (χ0n) is 22.4. The number of rotatable bonds is 5. The predicted molar refractivity (Wildman–Crippen MR) is 147 cm³/mol. The van der Waals surface area contributed by atoms with Crippen molar-refractivity contribution in [3.8, 4) is 0 Å². The van der Waals surface area contributed by atoms with Gasteiger partial charge in [0.1, 0.15) is 0 Å². The number of hydrogen-bond acceptors (Lipinski definition) is 4. The fourth-order valence-electron chi connectivity index (χ4n) is 6.57. The van der Waals surface area contributed by atoms with Crippen LogP contribution in [-0.2, 0) is 14.4 Å². The number of carbonyl (C=O) groups is 3. The molecule has 1 aromatic rings. The van der Waals surface area contributed by atoms with Gasteiger partial charge in [-0.25, -0.2) is 0 Å². The number of likely N-dealkylation sites (tertiary alicyclic amines) is 2. The Morgan fingerprint density at radius 2 is 1.58 bits per heavy atom. The number of nitrogens with zero attached hydrogens (tertiary/aromatic N) is 3. The number of benzene rings is 1. The third-order valence-corrected chi connectivity index (χ3v) is 10.3. The molecule has 2 aliphatic heterocycles. The molecule has 0 bridgehead atoms. The van der Waals surface area contributed by atoms with Gasteiger partial charge in [0.25, 0.3) is 0 Å². The molecule has 4 fully saturated rings. The summed E-state index contributed by atoms with van der Waals surface area (Å²) >= 11 is 12.6. The first-order valence-electron chi connectivity index (χ1n) is 14.1. The lowest BCUT2D eigenvalue weighted by molar-refractivity contribution is -0.143. The zero-order valence-corrected chi connectivity index (χ0v) is 23.9. The van der Waals surface area contributed by atoms with Crippen LogP contribution in [0, 0.1) is 17.3 Å². The summed E-state index contributed by atoms with van der Waals surface area (Å²) in [7, 11) is 1.85. The van der Waals surface area contributed by atoms with E-state index in [4.69, 9.17) is 23.2 Å². The number of amides is 3. The average molecular weight is 565 g/mol. The highest BCUT2D eigenvalue weighted by molar-refractivity contribution is 6.42. The molecular weight excluding hydrogens is 525 g/mol. The summed E-state index contributed by atoms with van der Waals surface area (Å²) in [5.41, 5.74) is 0.788. The molecule has 0 aromatic heterocycles. The van der Waals surface area contributed by atoms with Crippen LogP contribution in [0.3, 0.4) is 0 Å². The monoisotopic (exact) mass is 563 g/mol. The van der Waals surface area contributed by atoms with E-state index in [0.717, 1.165) is 18.4 Å². The highest BCUT2D eigenvalue weighted by Gasteiger charge is 2.48. The highest BCUT2D eigenvalue weighted by atomic mass is 35.5. The molecule has 1 aromatic carbocycles. The first-order valence-corrected chi connectivity index (χ1v) is 14.8. The Balaban J connectivity index is 1.29. The van der Waals surface area contributed by atoms with Gasteiger partial charge in [-0.05, 0) is 69.1 Å². The molecule has 2 saturated carbocycles. The molecule has 208 valence electrons. The van der Waals surface area contributed by atoms with Gasteiger partial charge in [-0.15, -0.1) is 0 Å². The van der Waals surface area contributed by atoms with Gasteiger partial charge in [0, 0.05) is 56.4 Å². The number of piperidine rings is 1. The molecule has 4 aliphatic rings. The van der Waals surface area contributed by atoms with Gasteiger partial charge in [0.05, 0.1) is 22.2 Å². The SMILES string of the molecule is CN(C(=O)C1CCC(O)CC1)C1CN(C(=O)C2CCN(C(=O)C3(C)CC3)CC2)CC1c1ccc(Cl)c(Cl)c1. The van der Waals surface area contributed by atoms with Crippen molar-refractivity contribution in [2.45, 2.75) is 76.4 Å². The lowest BCUT2D eigenvalue weighted by Gasteiger charge is -2.35. The Labute approximate surface area is 235 Å². The normalized spacial score (nSPS) is 29.3.